The first-order valence-electron chi connectivity index (χ1n) is 7.94. The normalized spacial score (nSPS) is 18.6. The molecule has 122 valence electrons. The zero-order valence-electron chi connectivity index (χ0n) is 13.7. The number of benzene rings is 1. The molecule has 5 nitrogen and oxygen atoms in total. The molecule has 0 spiro atoms. The molecule has 1 aliphatic heterocycles. The highest BCUT2D eigenvalue weighted by molar-refractivity contribution is 6.00. The van der Waals surface area contributed by atoms with Gasteiger partial charge in [0.25, 0.3) is 5.91 Å². The van der Waals surface area contributed by atoms with Crippen molar-refractivity contribution < 1.29 is 14.7 Å². The predicted octanol–water partition coefficient (Wildman–Crippen LogP) is 3.15. The monoisotopic (exact) mass is 314 g/mol. The van der Waals surface area contributed by atoms with Crippen LogP contribution < -0.4 is 0 Å². The molecule has 3 rings (SSSR count). The Morgan fingerprint density at radius 2 is 2.00 bits per heavy atom. The van der Waals surface area contributed by atoms with E-state index >= 15 is 0 Å². The maximum Gasteiger partial charge on any atom is 0.326 e. The Bertz CT molecular complexity index is 770. The first-order valence-corrected chi connectivity index (χ1v) is 7.94. The molecule has 2 aromatic rings. The minimum Gasteiger partial charge on any atom is -0.480 e. The van der Waals surface area contributed by atoms with Crippen LogP contribution in [-0.2, 0) is 10.2 Å². The van der Waals surface area contributed by atoms with Crippen LogP contribution in [0.5, 0.6) is 0 Å². The van der Waals surface area contributed by atoms with Crippen molar-refractivity contribution in [2.45, 2.75) is 45.1 Å². The molecule has 0 radical (unpaired) electrons. The number of H-pyrrole nitrogens is 1. The fourth-order valence-electron chi connectivity index (χ4n) is 3.13. The largest absolute Gasteiger partial charge is 0.480 e. The summed E-state index contributed by atoms with van der Waals surface area (Å²) < 4.78 is 0. The fourth-order valence-corrected chi connectivity index (χ4v) is 3.13. The lowest BCUT2D eigenvalue weighted by Gasteiger charge is -2.20. The van der Waals surface area contributed by atoms with Crippen LogP contribution in [0.3, 0.4) is 0 Å². The Morgan fingerprint density at radius 3 is 2.65 bits per heavy atom. The smallest absolute Gasteiger partial charge is 0.326 e. The molecule has 0 saturated carbocycles. The molecule has 1 fully saturated rings. The summed E-state index contributed by atoms with van der Waals surface area (Å²) in [5.74, 6) is -1.16. The van der Waals surface area contributed by atoms with Gasteiger partial charge in [-0.25, -0.2) is 4.79 Å². The number of nitrogens with one attached hydrogen (secondary N) is 1. The third-order valence-electron chi connectivity index (χ3n) is 4.52. The second-order valence-corrected chi connectivity index (χ2v) is 7.23. The third-order valence-corrected chi connectivity index (χ3v) is 4.52. The van der Waals surface area contributed by atoms with Crippen molar-refractivity contribution in [3.05, 3.63) is 35.5 Å². The van der Waals surface area contributed by atoms with E-state index in [9.17, 15) is 14.7 Å². The van der Waals surface area contributed by atoms with Crippen LogP contribution >= 0.6 is 0 Å². The van der Waals surface area contributed by atoms with E-state index in [1.165, 1.54) is 10.5 Å². The number of aromatic amines is 1. The molecule has 0 aliphatic carbocycles. The molecule has 1 aromatic heterocycles. The number of nitrogens with zero attached hydrogens (tertiary/aromatic N) is 1. The highest BCUT2D eigenvalue weighted by atomic mass is 16.4. The molecular formula is C18H22N2O3. The number of rotatable bonds is 2. The molecule has 1 aromatic carbocycles. The first-order chi connectivity index (χ1) is 10.8. The molecular weight excluding hydrogens is 292 g/mol. The number of amides is 1. The van der Waals surface area contributed by atoms with Crippen molar-refractivity contribution >= 4 is 22.8 Å². The van der Waals surface area contributed by atoms with Crippen LogP contribution in [-0.4, -0.2) is 39.5 Å². The van der Waals surface area contributed by atoms with Gasteiger partial charge in [0.05, 0.1) is 0 Å². The topological polar surface area (TPSA) is 73.4 Å². The van der Waals surface area contributed by atoms with Crippen LogP contribution in [0.15, 0.2) is 24.3 Å². The number of aliphatic carboxylic acids is 1. The lowest BCUT2D eigenvalue weighted by atomic mass is 9.87. The molecule has 0 unspecified atom stereocenters. The molecule has 1 saturated heterocycles. The van der Waals surface area contributed by atoms with Crippen LogP contribution in [0.2, 0.25) is 0 Å². The molecule has 1 amide bonds. The number of carboxylic acids is 1. The minimum absolute atomic E-state index is 0.0346. The summed E-state index contributed by atoms with van der Waals surface area (Å²) in [6.45, 7) is 6.93. The molecule has 2 heterocycles. The average Bonchev–Trinajstić information content (AvgIpc) is 3.11. The van der Waals surface area contributed by atoms with Crippen LogP contribution in [0.1, 0.15) is 49.7 Å². The predicted molar refractivity (Wildman–Crippen MR) is 88.7 cm³/mol. The number of carboxylic acid groups (broad SMARTS) is 1. The van der Waals surface area contributed by atoms with Gasteiger partial charge in [0.15, 0.2) is 0 Å². The van der Waals surface area contributed by atoms with Gasteiger partial charge in [-0.1, -0.05) is 32.9 Å². The van der Waals surface area contributed by atoms with Gasteiger partial charge in [-0.2, -0.15) is 0 Å². The van der Waals surface area contributed by atoms with E-state index in [4.69, 9.17) is 0 Å². The summed E-state index contributed by atoms with van der Waals surface area (Å²) in [4.78, 5) is 28.5. The van der Waals surface area contributed by atoms with Gasteiger partial charge < -0.3 is 15.0 Å². The Kier molecular flexibility index (Phi) is 3.66. The fraction of sp³-hybridized carbons (Fsp3) is 0.444. The molecule has 5 heteroatoms. The summed E-state index contributed by atoms with van der Waals surface area (Å²) in [5.41, 5.74) is 2.59. The zero-order valence-corrected chi connectivity index (χ0v) is 13.7. The van der Waals surface area contributed by atoms with E-state index in [0.717, 1.165) is 17.3 Å². The van der Waals surface area contributed by atoms with Crippen molar-refractivity contribution in [2.24, 2.45) is 0 Å². The summed E-state index contributed by atoms with van der Waals surface area (Å²) in [5, 5.41) is 10.2. The Morgan fingerprint density at radius 1 is 1.26 bits per heavy atom. The lowest BCUT2D eigenvalue weighted by molar-refractivity contribution is -0.141. The maximum absolute atomic E-state index is 12.6. The Labute approximate surface area is 135 Å². The Hall–Kier alpha value is -2.30. The van der Waals surface area contributed by atoms with Crippen molar-refractivity contribution in [3.8, 4) is 0 Å². The quantitative estimate of drug-likeness (QED) is 0.894. The SMILES string of the molecule is CC(C)(C)c1ccc2cc(C(=O)N3CCC[C@@H]3C(=O)O)[nH]c2c1. The van der Waals surface area contributed by atoms with Gasteiger partial charge >= 0.3 is 5.97 Å². The molecule has 23 heavy (non-hydrogen) atoms. The van der Waals surface area contributed by atoms with Crippen molar-refractivity contribution in [2.75, 3.05) is 6.54 Å². The molecule has 0 bridgehead atoms. The van der Waals surface area contributed by atoms with Gasteiger partial charge in [0.1, 0.15) is 11.7 Å². The number of hydrogen-bond donors (Lipinski definition) is 2. The summed E-state index contributed by atoms with van der Waals surface area (Å²) in [6, 6.07) is 7.23. The molecule has 1 atom stereocenters. The maximum atomic E-state index is 12.6. The van der Waals surface area contributed by atoms with Crippen LogP contribution in [0.4, 0.5) is 0 Å². The lowest BCUT2D eigenvalue weighted by Crippen LogP contribution is -2.40. The van der Waals surface area contributed by atoms with Crippen molar-refractivity contribution in [1.82, 2.24) is 9.88 Å². The second-order valence-electron chi connectivity index (χ2n) is 7.23. The van der Waals surface area contributed by atoms with E-state index in [1.807, 2.05) is 6.07 Å². The average molecular weight is 314 g/mol. The number of likely N-dealkylation sites (tertiary alicyclic amines) is 1. The number of fused-ring (bicyclic) bond motifs is 1. The van der Waals surface area contributed by atoms with Crippen LogP contribution in [0.25, 0.3) is 10.9 Å². The van der Waals surface area contributed by atoms with Crippen molar-refractivity contribution in [3.63, 3.8) is 0 Å². The standard InChI is InChI=1S/C18H22N2O3/c1-18(2,3)12-7-6-11-9-14(19-13(11)10-12)16(21)20-8-4-5-15(20)17(22)23/h6-7,9-10,15,19H,4-5,8H2,1-3H3,(H,22,23)/t15-/m1/s1. The summed E-state index contributed by atoms with van der Waals surface area (Å²) in [7, 11) is 0. The van der Waals surface area contributed by atoms with Gasteiger partial charge in [-0.15, -0.1) is 0 Å². The van der Waals surface area contributed by atoms with Gasteiger partial charge in [-0.05, 0) is 36.0 Å². The van der Waals surface area contributed by atoms with E-state index in [1.54, 1.807) is 6.07 Å². The van der Waals surface area contributed by atoms with Gasteiger partial charge in [0, 0.05) is 17.4 Å². The summed E-state index contributed by atoms with van der Waals surface area (Å²) in [6.07, 6.45) is 1.26. The van der Waals surface area contributed by atoms with E-state index in [0.29, 0.717) is 18.7 Å². The van der Waals surface area contributed by atoms with Gasteiger partial charge in [0.2, 0.25) is 0 Å². The zero-order chi connectivity index (χ0) is 16.8. The van der Waals surface area contributed by atoms with E-state index < -0.39 is 12.0 Å². The summed E-state index contributed by atoms with van der Waals surface area (Å²) >= 11 is 0. The van der Waals surface area contributed by atoms with Crippen molar-refractivity contribution in [1.29, 1.82) is 0 Å². The highest BCUT2D eigenvalue weighted by Crippen LogP contribution is 2.27. The second kappa shape index (κ2) is 5.41. The highest BCUT2D eigenvalue weighted by Gasteiger charge is 2.35. The third kappa shape index (κ3) is 2.83. The number of aromatic nitrogens is 1. The van der Waals surface area contributed by atoms with Gasteiger partial charge in [-0.3, -0.25) is 4.79 Å². The number of carbonyl (C=O) groups is 2. The van der Waals surface area contributed by atoms with E-state index in [-0.39, 0.29) is 11.3 Å². The van der Waals surface area contributed by atoms with Crippen LogP contribution in [0, 0.1) is 0 Å². The minimum atomic E-state index is -0.929. The first kappa shape index (κ1) is 15.6. The molecule has 2 N–H and O–H groups in total. The van der Waals surface area contributed by atoms with E-state index in [2.05, 4.69) is 37.9 Å². The molecule has 1 aliphatic rings. The number of carbonyl (C=O) groups excluding carboxylic acids is 1. The number of hydrogen-bond acceptors (Lipinski definition) is 2. The Balaban J connectivity index is 1.94.